The number of halogens is 1. The van der Waals surface area contributed by atoms with Gasteiger partial charge in [0.1, 0.15) is 18.8 Å². The summed E-state index contributed by atoms with van der Waals surface area (Å²) in [5, 5.41) is 0.434. The number of para-hydroxylation sites is 1. The predicted molar refractivity (Wildman–Crippen MR) is 200 cm³/mol. The lowest BCUT2D eigenvalue weighted by Gasteiger charge is -2.34. The summed E-state index contributed by atoms with van der Waals surface area (Å²) in [6, 6.07) is 20.2. The molecule has 0 N–H and O–H groups in total. The number of methoxy groups -OCH3 is 2. The van der Waals surface area contributed by atoms with E-state index in [-0.39, 0.29) is 62.8 Å². The summed E-state index contributed by atoms with van der Waals surface area (Å²) in [4.78, 5) is 56.6. The highest BCUT2D eigenvalue weighted by molar-refractivity contribution is 6.30. The molecule has 11 nitrogen and oxygen atoms in total. The number of amides is 2. The van der Waals surface area contributed by atoms with E-state index in [4.69, 9.17) is 35.3 Å². The number of nitrogens with zero attached hydrogens (tertiary/aromatic N) is 2. The number of carbonyl (C=O) groups excluding carboxylic acids is 4. The second-order valence-electron chi connectivity index (χ2n) is 14.3. The van der Waals surface area contributed by atoms with E-state index in [1.807, 2.05) is 56.3 Å². The van der Waals surface area contributed by atoms with Crippen LogP contribution in [0.15, 0.2) is 66.7 Å². The second-order valence-corrected chi connectivity index (χ2v) is 14.7. The van der Waals surface area contributed by atoms with Crippen molar-refractivity contribution in [2.24, 2.45) is 11.3 Å². The molecule has 2 atom stereocenters. The topological polar surface area (TPSA) is 121 Å². The number of anilines is 1. The molecule has 0 saturated carbocycles. The average Bonchev–Trinajstić information content (AvgIpc) is 3.26. The summed E-state index contributed by atoms with van der Waals surface area (Å²) in [7, 11) is 3.07. The maximum Gasteiger partial charge on any atom is 0.306 e. The van der Waals surface area contributed by atoms with Crippen LogP contribution in [0.5, 0.6) is 11.5 Å². The summed E-state index contributed by atoms with van der Waals surface area (Å²) in [5.41, 5.74) is 2.02. The van der Waals surface area contributed by atoms with Gasteiger partial charge < -0.3 is 33.5 Å². The maximum atomic E-state index is 14.7. The number of likely N-dealkylation sites (tertiary alicyclic amines) is 1. The third kappa shape index (κ3) is 10.1. The Bertz CT molecular complexity index is 1760. The van der Waals surface area contributed by atoms with Crippen LogP contribution < -0.4 is 14.4 Å². The van der Waals surface area contributed by atoms with Gasteiger partial charge in [-0.15, -0.1) is 0 Å². The lowest BCUT2D eigenvalue weighted by Crippen LogP contribution is -2.48. The van der Waals surface area contributed by atoms with Gasteiger partial charge in [-0.3, -0.25) is 19.2 Å². The molecule has 0 aromatic heterocycles. The summed E-state index contributed by atoms with van der Waals surface area (Å²) in [6.45, 7) is 6.91. The number of rotatable bonds is 14. The van der Waals surface area contributed by atoms with Crippen molar-refractivity contribution in [3.8, 4) is 11.5 Å². The van der Waals surface area contributed by atoms with E-state index in [1.165, 1.54) is 14.2 Å². The first-order valence-electron chi connectivity index (χ1n) is 18.0. The van der Waals surface area contributed by atoms with Gasteiger partial charge in [0, 0.05) is 59.7 Å². The van der Waals surface area contributed by atoms with Crippen molar-refractivity contribution in [2.75, 3.05) is 45.4 Å². The van der Waals surface area contributed by atoms with Crippen molar-refractivity contribution in [3.05, 3.63) is 88.4 Å². The number of carbonyl (C=O) groups is 4. The normalized spacial score (nSPS) is 17.8. The van der Waals surface area contributed by atoms with Gasteiger partial charge in [0.2, 0.25) is 5.91 Å². The largest absolute Gasteiger partial charge is 0.493 e. The number of hydrogen-bond acceptors (Lipinski definition) is 9. The van der Waals surface area contributed by atoms with Gasteiger partial charge in [0.05, 0.1) is 27.2 Å². The standard InChI is InChI=1S/C41H49ClN2O9/c1-6-36(46)52-26-41(2,3)25-44-32-16-15-29(42)22-31(32)38(30-13-10-14-33(49-4)39(30)50-5)53-34(40(44)48)23-35(45)43-19-17-27(18-20-43)21-37(47)51-24-28-11-8-7-9-12-28/h7-16,22,27,34,38H,6,17-21,23-26H2,1-5H3/t34-,38-/m1/s1. The second kappa shape index (κ2) is 17.9. The molecule has 0 spiro atoms. The first kappa shape index (κ1) is 39.6. The van der Waals surface area contributed by atoms with Crippen LogP contribution in [-0.2, 0) is 40.0 Å². The molecular weight excluding hydrogens is 700 g/mol. The van der Waals surface area contributed by atoms with Crippen molar-refractivity contribution in [1.29, 1.82) is 0 Å². The van der Waals surface area contributed by atoms with Gasteiger partial charge in [-0.25, -0.2) is 0 Å². The highest BCUT2D eigenvalue weighted by atomic mass is 35.5. The molecule has 2 aliphatic rings. The van der Waals surface area contributed by atoms with Crippen LogP contribution in [0.25, 0.3) is 0 Å². The zero-order valence-corrected chi connectivity index (χ0v) is 31.9. The summed E-state index contributed by atoms with van der Waals surface area (Å²) in [6.07, 6.45) is -0.482. The van der Waals surface area contributed by atoms with Crippen LogP contribution in [0.4, 0.5) is 5.69 Å². The first-order valence-corrected chi connectivity index (χ1v) is 18.4. The Balaban J connectivity index is 1.38. The van der Waals surface area contributed by atoms with Gasteiger partial charge >= 0.3 is 11.9 Å². The van der Waals surface area contributed by atoms with Crippen molar-refractivity contribution < 1.29 is 42.9 Å². The number of ether oxygens (including phenoxy) is 5. The van der Waals surface area contributed by atoms with Crippen LogP contribution in [0.3, 0.4) is 0 Å². The Morgan fingerprint density at radius 2 is 1.62 bits per heavy atom. The highest BCUT2D eigenvalue weighted by Gasteiger charge is 2.42. The number of benzene rings is 3. The number of piperidine rings is 1. The molecule has 2 heterocycles. The van der Waals surface area contributed by atoms with Gasteiger partial charge in [0.15, 0.2) is 11.5 Å². The van der Waals surface area contributed by atoms with Gasteiger partial charge in [0.25, 0.3) is 5.91 Å². The molecule has 5 rings (SSSR count). The van der Waals surface area contributed by atoms with Gasteiger partial charge in [-0.05, 0) is 48.6 Å². The molecule has 53 heavy (non-hydrogen) atoms. The molecule has 0 bridgehead atoms. The van der Waals surface area contributed by atoms with Crippen molar-refractivity contribution in [1.82, 2.24) is 4.90 Å². The van der Waals surface area contributed by atoms with Crippen molar-refractivity contribution in [2.45, 2.75) is 71.7 Å². The predicted octanol–water partition coefficient (Wildman–Crippen LogP) is 6.92. The lowest BCUT2D eigenvalue weighted by molar-refractivity contribution is -0.148. The zero-order chi connectivity index (χ0) is 38.1. The molecule has 0 unspecified atom stereocenters. The zero-order valence-electron chi connectivity index (χ0n) is 31.1. The average molecular weight is 749 g/mol. The minimum Gasteiger partial charge on any atom is -0.493 e. The Labute approximate surface area is 316 Å². The Kier molecular flexibility index (Phi) is 13.4. The van der Waals surface area contributed by atoms with Crippen molar-refractivity contribution >= 4 is 41.0 Å². The van der Waals surface area contributed by atoms with E-state index in [9.17, 15) is 19.2 Å². The molecule has 0 radical (unpaired) electrons. The van der Waals surface area contributed by atoms with Crippen LogP contribution in [-0.4, -0.2) is 75.2 Å². The fourth-order valence-electron chi connectivity index (χ4n) is 6.79. The van der Waals surface area contributed by atoms with Crippen LogP contribution in [0.2, 0.25) is 5.02 Å². The van der Waals surface area contributed by atoms with E-state index >= 15 is 0 Å². The third-order valence-corrected chi connectivity index (χ3v) is 9.88. The molecule has 3 aromatic carbocycles. The smallest absolute Gasteiger partial charge is 0.306 e. The summed E-state index contributed by atoms with van der Waals surface area (Å²) in [5.74, 6) is -0.251. The molecule has 284 valence electrons. The minimum atomic E-state index is -1.19. The van der Waals surface area contributed by atoms with Crippen LogP contribution in [0.1, 0.15) is 75.7 Å². The molecule has 1 saturated heterocycles. The first-order chi connectivity index (χ1) is 25.4. The van der Waals surface area contributed by atoms with Crippen molar-refractivity contribution in [3.63, 3.8) is 0 Å². The SMILES string of the molecule is CCC(=O)OCC(C)(C)CN1C(=O)[C@@H](CC(=O)N2CCC(CC(=O)OCc3ccccc3)CC2)O[C@H](c2cccc(OC)c2OC)c2cc(Cl)ccc21. The third-order valence-electron chi connectivity index (χ3n) is 9.64. The monoisotopic (exact) mass is 748 g/mol. The molecule has 2 aliphatic heterocycles. The van der Waals surface area contributed by atoms with E-state index in [0.29, 0.717) is 59.3 Å². The maximum absolute atomic E-state index is 14.7. The van der Waals surface area contributed by atoms with E-state index < -0.39 is 23.5 Å². The molecule has 12 heteroatoms. The van der Waals surface area contributed by atoms with Gasteiger partial charge in [-0.2, -0.15) is 0 Å². The quantitative estimate of drug-likeness (QED) is 0.162. The Hall–Kier alpha value is -4.61. The molecular formula is C41H49ClN2O9. The fraction of sp³-hybridized carbons (Fsp3) is 0.463. The summed E-state index contributed by atoms with van der Waals surface area (Å²) >= 11 is 6.58. The lowest BCUT2D eigenvalue weighted by atomic mass is 9.92. The summed E-state index contributed by atoms with van der Waals surface area (Å²) < 4.78 is 29.1. The van der Waals surface area contributed by atoms with E-state index in [0.717, 1.165) is 5.56 Å². The fourth-order valence-corrected chi connectivity index (χ4v) is 6.97. The van der Waals surface area contributed by atoms with Gasteiger partial charge in [-0.1, -0.05) is 74.8 Å². The van der Waals surface area contributed by atoms with E-state index in [1.54, 1.807) is 41.0 Å². The molecule has 3 aromatic rings. The highest BCUT2D eigenvalue weighted by Crippen LogP contribution is 2.46. The van der Waals surface area contributed by atoms with Crippen LogP contribution in [0, 0.1) is 11.3 Å². The molecule has 0 aliphatic carbocycles. The van der Waals surface area contributed by atoms with Crippen LogP contribution >= 0.6 is 11.6 Å². The van der Waals surface area contributed by atoms with E-state index in [2.05, 4.69) is 0 Å². The minimum absolute atomic E-state index is 0.0821. The molecule has 1 fully saturated rings. The Morgan fingerprint density at radius 3 is 2.30 bits per heavy atom. The Morgan fingerprint density at radius 1 is 0.887 bits per heavy atom. The number of fused-ring (bicyclic) bond motifs is 1. The molecule has 2 amide bonds. The number of hydrogen-bond donors (Lipinski definition) is 0. The number of esters is 2.